The van der Waals surface area contributed by atoms with Crippen LogP contribution in [0.3, 0.4) is 0 Å². The molecule has 0 saturated carbocycles. The normalized spacial score (nSPS) is 10.9. The van der Waals surface area contributed by atoms with Gasteiger partial charge in [0.2, 0.25) is 0 Å². The van der Waals surface area contributed by atoms with Gasteiger partial charge in [-0.25, -0.2) is 4.98 Å². The third-order valence-corrected chi connectivity index (χ3v) is 3.66. The van der Waals surface area contributed by atoms with E-state index in [2.05, 4.69) is 46.9 Å². The van der Waals surface area contributed by atoms with Crippen LogP contribution in [0.2, 0.25) is 0 Å². The zero-order valence-electron chi connectivity index (χ0n) is 10.9. The molecule has 2 rings (SSSR count). The van der Waals surface area contributed by atoms with Gasteiger partial charge in [-0.05, 0) is 39.5 Å². The van der Waals surface area contributed by atoms with Crippen LogP contribution < -0.4 is 4.74 Å². The van der Waals surface area contributed by atoms with E-state index in [1.807, 2.05) is 23.7 Å². The first-order valence-corrected chi connectivity index (χ1v) is 6.76. The molecule has 0 bridgehead atoms. The highest BCUT2D eigenvalue weighted by atomic mass is 79.9. The highest BCUT2D eigenvalue weighted by Crippen LogP contribution is 2.21. The lowest BCUT2D eigenvalue weighted by atomic mass is 10.0. The van der Waals surface area contributed by atoms with Crippen molar-refractivity contribution in [2.75, 3.05) is 0 Å². The van der Waals surface area contributed by atoms with Gasteiger partial charge in [0.05, 0.1) is 6.20 Å². The molecule has 0 aliphatic heterocycles. The minimum Gasteiger partial charge on any atom is -0.486 e. The highest BCUT2D eigenvalue weighted by molar-refractivity contribution is 9.10. The van der Waals surface area contributed by atoms with Gasteiger partial charge in [0.15, 0.2) is 0 Å². The van der Waals surface area contributed by atoms with Crippen LogP contribution in [-0.4, -0.2) is 9.55 Å². The van der Waals surface area contributed by atoms with Crippen molar-refractivity contribution in [1.82, 2.24) is 9.55 Å². The molecule has 0 spiro atoms. The van der Waals surface area contributed by atoms with E-state index in [9.17, 15) is 0 Å². The van der Waals surface area contributed by atoms with Crippen LogP contribution in [0.5, 0.6) is 5.75 Å². The van der Waals surface area contributed by atoms with Crippen LogP contribution in [0.4, 0.5) is 0 Å². The summed E-state index contributed by atoms with van der Waals surface area (Å²) < 4.78 is 8.69. The van der Waals surface area contributed by atoms with Gasteiger partial charge in [0.1, 0.15) is 22.8 Å². The van der Waals surface area contributed by atoms with E-state index in [1.165, 1.54) is 5.56 Å². The molecule has 0 aliphatic carbocycles. The monoisotopic (exact) mass is 308 g/mol. The molecular weight excluding hydrogens is 292 g/mol. The standard InChI is InChI=1S/C14H17BrN2O/c1-10(2)11-5-4-6-12(7-11)18-9-14-16-8-13(15)17(14)3/h4-8,10H,9H2,1-3H3. The summed E-state index contributed by atoms with van der Waals surface area (Å²) in [6.45, 7) is 4.83. The van der Waals surface area contributed by atoms with Gasteiger partial charge in [0, 0.05) is 7.05 Å². The van der Waals surface area contributed by atoms with E-state index >= 15 is 0 Å². The van der Waals surface area contributed by atoms with E-state index in [1.54, 1.807) is 6.20 Å². The average Bonchev–Trinajstić information content (AvgIpc) is 2.68. The molecule has 2 aromatic rings. The SMILES string of the molecule is CC(C)c1cccc(OCc2ncc(Br)n2C)c1. The lowest BCUT2D eigenvalue weighted by Gasteiger charge is -2.10. The lowest BCUT2D eigenvalue weighted by Crippen LogP contribution is -2.04. The van der Waals surface area contributed by atoms with E-state index in [-0.39, 0.29) is 0 Å². The minimum atomic E-state index is 0.476. The number of rotatable bonds is 4. The highest BCUT2D eigenvalue weighted by Gasteiger charge is 2.06. The van der Waals surface area contributed by atoms with Crippen molar-refractivity contribution in [3.05, 3.63) is 46.5 Å². The van der Waals surface area contributed by atoms with Crippen LogP contribution in [0, 0.1) is 0 Å². The molecule has 18 heavy (non-hydrogen) atoms. The Hall–Kier alpha value is -1.29. The molecule has 4 heteroatoms. The molecule has 0 atom stereocenters. The second kappa shape index (κ2) is 5.57. The van der Waals surface area contributed by atoms with Crippen molar-refractivity contribution in [3.8, 4) is 5.75 Å². The Morgan fingerprint density at radius 2 is 2.17 bits per heavy atom. The average molecular weight is 309 g/mol. The van der Waals surface area contributed by atoms with Crippen LogP contribution in [0.15, 0.2) is 35.1 Å². The maximum absolute atomic E-state index is 5.77. The molecule has 1 aromatic heterocycles. The molecule has 96 valence electrons. The second-order valence-electron chi connectivity index (χ2n) is 4.57. The zero-order chi connectivity index (χ0) is 13.1. The van der Waals surface area contributed by atoms with Crippen LogP contribution in [0.25, 0.3) is 0 Å². The number of hydrogen-bond donors (Lipinski definition) is 0. The van der Waals surface area contributed by atoms with Crippen molar-refractivity contribution in [2.24, 2.45) is 7.05 Å². The molecule has 0 saturated heterocycles. The summed E-state index contributed by atoms with van der Waals surface area (Å²) in [6.07, 6.45) is 1.78. The van der Waals surface area contributed by atoms with Gasteiger partial charge in [-0.3, -0.25) is 0 Å². The first kappa shape index (κ1) is 13.1. The van der Waals surface area contributed by atoms with Crippen molar-refractivity contribution in [3.63, 3.8) is 0 Å². The van der Waals surface area contributed by atoms with Crippen molar-refractivity contribution >= 4 is 15.9 Å². The summed E-state index contributed by atoms with van der Waals surface area (Å²) in [6, 6.07) is 8.21. The van der Waals surface area contributed by atoms with Gasteiger partial charge < -0.3 is 9.30 Å². The molecule has 0 radical (unpaired) electrons. The predicted molar refractivity (Wildman–Crippen MR) is 75.8 cm³/mol. The summed E-state index contributed by atoms with van der Waals surface area (Å²) in [5.74, 6) is 2.30. The largest absolute Gasteiger partial charge is 0.486 e. The summed E-state index contributed by atoms with van der Waals surface area (Å²) in [4.78, 5) is 4.28. The molecular formula is C14H17BrN2O. The van der Waals surface area contributed by atoms with Gasteiger partial charge in [-0.1, -0.05) is 26.0 Å². The van der Waals surface area contributed by atoms with Gasteiger partial charge in [-0.15, -0.1) is 0 Å². The number of benzene rings is 1. The molecule has 0 aliphatic rings. The Morgan fingerprint density at radius 3 is 2.78 bits per heavy atom. The smallest absolute Gasteiger partial charge is 0.147 e. The van der Waals surface area contributed by atoms with Crippen molar-refractivity contribution in [2.45, 2.75) is 26.4 Å². The van der Waals surface area contributed by atoms with E-state index in [0.717, 1.165) is 16.2 Å². The Morgan fingerprint density at radius 1 is 1.39 bits per heavy atom. The third-order valence-electron chi connectivity index (χ3n) is 2.92. The fourth-order valence-electron chi connectivity index (χ4n) is 1.67. The van der Waals surface area contributed by atoms with Crippen LogP contribution in [0.1, 0.15) is 31.2 Å². The van der Waals surface area contributed by atoms with Crippen LogP contribution in [-0.2, 0) is 13.7 Å². The molecule has 0 fully saturated rings. The Balaban J connectivity index is 2.06. The molecule has 1 aromatic carbocycles. The van der Waals surface area contributed by atoms with Crippen molar-refractivity contribution < 1.29 is 4.74 Å². The molecule has 3 nitrogen and oxygen atoms in total. The maximum Gasteiger partial charge on any atom is 0.147 e. The van der Waals surface area contributed by atoms with Gasteiger partial charge in [0.25, 0.3) is 0 Å². The fourth-order valence-corrected chi connectivity index (χ4v) is 1.98. The van der Waals surface area contributed by atoms with E-state index < -0.39 is 0 Å². The summed E-state index contributed by atoms with van der Waals surface area (Å²) in [5, 5.41) is 0. The van der Waals surface area contributed by atoms with E-state index in [0.29, 0.717) is 12.5 Å². The fraction of sp³-hybridized carbons (Fsp3) is 0.357. The maximum atomic E-state index is 5.77. The quantitative estimate of drug-likeness (QED) is 0.857. The second-order valence-corrected chi connectivity index (χ2v) is 5.38. The predicted octanol–water partition coefficient (Wildman–Crippen LogP) is 3.89. The summed E-state index contributed by atoms with van der Waals surface area (Å²) in [5.41, 5.74) is 1.29. The first-order chi connectivity index (χ1) is 8.58. The number of imidazole rings is 1. The molecule has 0 N–H and O–H groups in total. The topological polar surface area (TPSA) is 27.1 Å². The molecule has 0 amide bonds. The molecule has 1 heterocycles. The van der Waals surface area contributed by atoms with E-state index in [4.69, 9.17) is 4.74 Å². The number of ether oxygens (including phenoxy) is 1. The molecule has 0 unspecified atom stereocenters. The Kier molecular flexibility index (Phi) is 4.07. The minimum absolute atomic E-state index is 0.476. The van der Waals surface area contributed by atoms with Crippen LogP contribution >= 0.6 is 15.9 Å². The lowest BCUT2D eigenvalue weighted by molar-refractivity contribution is 0.291. The summed E-state index contributed by atoms with van der Waals surface area (Å²) in [7, 11) is 1.96. The van der Waals surface area contributed by atoms with Gasteiger partial charge >= 0.3 is 0 Å². The third kappa shape index (κ3) is 2.93. The van der Waals surface area contributed by atoms with Crippen molar-refractivity contribution in [1.29, 1.82) is 0 Å². The number of aromatic nitrogens is 2. The number of halogens is 1. The number of hydrogen-bond acceptors (Lipinski definition) is 2. The zero-order valence-corrected chi connectivity index (χ0v) is 12.4. The summed E-state index contributed by atoms with van der Waals surface area (Å²) >= 11 is 3.42. The Bertz CT molecular complexity index is 534. The Labute approximate surface area is 116 Å². The van der Waals surface area contributed by atoms with Gasteiger partial charge in [-0.2, -0.15) is 0 Å². The first-order valence-electron chi connectivity index (χ1n) is 5.96. The number of nitrogens with zero attached hydrogens (tertiary/aromatic N) is 2.